The van der Waals surface area contributed by atoms with Crippen LogP contribution in [0.5, 0.6) is 0 Å². The van der Waals surface area contributed by atoms with E-state index in [0.29, 0.717) is 12.1 Å². The first-order chi connectivity index (χ1) is 11.5. The van der Waals surface area contributed by atoms with Crippen molar-refractivity contribution in [2.75, 3.05) is 19.6 Å². The fourth-order valence-corrected chi connectivity index (χ4v) is 5.09. The van der Waals surface area contributed by atoms with Crippen LogP contribution in [0.3, 0.4) is 0 Å². The molecule has 2 aliphatic rings. The van der Waals surface area contributed by atoms with Gasteiger partial charge < -0.3 is 10.6 Å². The van der Waals surface area contributed by atoms with Gasteiger partial charge in [0.25, 0.3) is 5.91 Å². The van der Waals surface area contributed by atoms with Gasteiger partial charge in [0, 0.05) is 30.7 Å². The molecule has 2 aliphatic heterocycles. The van der Waals surface area contributed by atoms with E-state index in [9.17, 15) is 13.2 Å². The predicted molar refractivity (Wildman–Crippen MR) is 92.4 cm³/mol. The molecule has 7 heteroatoms. The number of nitrogens with zero attached hydrogens (tertiary/aromatic N) is 1. The average Bonchev–Trinajstić information content (AvgIpc) is 3.08. The summed E-state index contributed by atoms with van der Waals surface area (Å²) in [5.41, 5.74) is 0.493. The number of hydrogen-bond donors (Lipinski definition) is 2. The SMILES string of the molecule is CC1CCCCN1S(=O)(=O)c1ccc(C(=O)NC2CCNC2)cc1. The highest BCUT2D eigenvalue weighted by molar-refractivity contribution is 7.89. The van der Waals surface area contributed by atoms with Crippen LogP contribution < -0.4 is 10.6 Å². The van der Waals surface area contributed by atoms with E-state index in [-0.39, 0.29) is 22.9 Å². The summed E-state index contributed by atoms with van der Waals surface area (Å²) in [6.07, 6.45) is 3.79. The van der Waals surface area contributed by atoms with Crippen LogP contribution in [0.25, 0.3) is 0 Å². The summed E-state index contributed by atoms with van der Waals surface area (Å²) in [6, 6.07) is 6.45. The third-order valence-electron chi connectivity index (χ3n) is 4.86. The lowest BCUT2D eigenvalue weighted by molar-refractivity contribution is 0.0940. The molecule has 2 fully saturated rings. The molecule has 0 radical (unpaired) electrons. The maximum atomic E-state index is 12.8. The fourth-order valence-electron chi connectivity index (χ4n) is 3.39. The number of sulfonamides is 1. The van der Waals surface area contributed by atoms with Gasteiger partial charge in [0.15, 0.2) is 0 Å². The second kappa shape index (κ2) is 7.21. The highest BCUT2D eigenvalue weighted by Crippen LogP contribution is 2.25. The van der Waals surface area contributed by atoms with Crippen molar-refractivity contribution in [3.05, 3.63) is 29.8 Å². The van der Waals surface area contributed by atoms with Gasteiger partial charge in [-0.1, -0.05) is 6.42 Å². The Balaban J connectivity index is 1.72. The molecule has 1 aromatic carbocycles. The van der Waals surface area contributed by atoms with Gasteiger partial charge in [-0.2, -0.15) is 4.31 Å². The Hall–Kier alpha value is -1.44. The number of hydrogen-bond acceptors (Lipinski definition) is 4. The summed E-state index contributed by atoms with van der Waals surface area (Å²) >= 11 is 0. The van der Waals surface area contributed by atoms with Gasteiger partial charge in [0.2, 0.25) is 10.0 Å². The van der Waals surface area contributed by atoms with E-state index in [1.807, 2.05) is 6.92 Å². The third-order valence-corrected chi connectivity index (χ3v) is 6.89. The highest BCUT2D eigenvalue weighted by Gasteiger charge is 2.31. The largest absolute Gasteiger partial charge is 0.348 e. The number of nitrogens with one attached hydrogen (secondary N) is 2. The van der Waals surface area contributed by atoms with Crippen LogP contribution in [-0.4, -0.2) is 50.3 Å². The minimum absolute atomic E-state index is 0.0293. The van der Waals surface area contributed by atoms with Crippen molar-refractivity contribution in [3.8, 4) is 0 Å². The van der Waals surface area contributed by atoms with Crippen LogP contribution in [0.4, 0.5) is 0 Å². The minimum Gasteiger partial charge on any atom is -0.348 e. The molecule has 3 rings (SSSR count). The molecule has 2 saturated heterocycles. The topological polar surface area (TPSA) is 78.5 Å². The molecule has 132 valence electrons. The predicted octanol–water partition coefficient (Wildman–Crippen LogP) is 1.34. The number of piperidine rings is 1. The van der Waals surface area contributed by atoms with Gasteiger partial charge >= 0.3 is 0 Å². The number of benzene rings is 1. The van der Waals surface area contributed by atoms with Gasteiger partial charge in [0.05, 0.1) is 4.90 Å². The lowest BCUT2D eigenvalue weighted by atomic mass is 10.1. The second-order valence-electron chi connectivity index (χ2n) is 6.65. The van der Waals surface area contributed by atoms with Crippen molar-refractivity contribution in [1.29, 1.82) is 0 Å². The molecule has 1 amide bonds. The van der Waals surface area contributed by atoms with E-state index < -0.39 is 10.0 Å². The van der Waals surface area contributed by atoms with E-state index in [1.54, 1.807) is 28.6 Å². The summed E-state index contributed by atoms with van der Waals surface area (Å²) in [5.74, 6) is -0.154. The molecular formula is C17H25N3O3S. The summed E-state index contributed by atoms with van der Waals surface area (Å²) in [7, 11) is -3.48. The van der Waals surface area contributed by atoms with Gasteiger partial charge in [-0.05, 0) is 57.0 Å². The number of amides is 1. The molecule has 2 atom stereocenters. The van der Waals surface area contributed by atoms with Crippen LogP contribution in [0.15, 0.2) is 29.2 Å². The van der Waals surface area contributed by atoms with Crippen LogP contribution in [-0.2, 0) is 10.0 Å². The molecule has 0 aliphatic carbocycles. The zero-order valence-electron chi connectivity index (χ0n) is 14.0. The molecule has 2 N–H and O–H groups in total. The number of carbonyl (C=O) groups excluding carboxylic acids is 1. The van der Waals surface area contributed by atoms with Crippen molar-refractivity contribution in [2.45, 2.75) is 49.6 Å². The molecule has 1 aromatic rings. The first-order valence-electron chi connectivity index (χ1n) is 8.62. The van der Waals surface area contributed by atoms with E-state index in [0.717, 1.165) is 38.8 Å². The first kappa shape index (κ1) is 17.4. The molecule has 6 nitrogen and oxygen atoms in total. The van der Waals surface area contributed by atoms with E-state index in [2.05, 4.69) is 10.6 Å². The van der Waals surface area contributed by atoms with Crippen LogP contribution in [0, 0.1) is 0 Å². The van der Waals surface area contributed by atoms with E-state index >= 15 is 0 Å². The number of carbonyl (C=O) groups is 1. The Bertz CT molecular complexity index is 682. The Morgan fingerprint density at radius 3 is 2.58 bits per heavy atom. The summed E-state index contributed by atoms with van der Waals surface area (Å²) in [5, 5.41) is 6.16. The maximum Gasteiger partial charge on any atom is 0.251 e. The highest BCUT2D eigenvalue weighted by atomic mass is 32.2. The molecule has 2 heterocycles. The van der Waals surface area contributed by atoms with Crippen molar-refractivity contribution >= 4 is 15.9 Å². The van der Waals surface area contributed by atoms with Crippen LogP contribution >= 0.6 is 0 Å². The molecule has 24 heavy (non-hydrogen) atoms. The Morgan fingerprint density at radius 1 is 1.21 bits per heavy atom. The lowest BCUT2D eigenvalue weighted by Crippen LogP contribution is -2.41. The zero-order valence-corrected chi connectivity index (χ0v) is 14.8. The summed E-state index contributed by atoms with van der Waals surface area (Å²) in [4.78, 5) is 12.5. The Kier molecular flexibility index (Phi) is 5.22. The summed E-state index contributed by atoms with van der Waals surface area (Å²) < 4.78 is 27.1. The van der Waals surface area contributed by atoms with Crippen molar-refractivity contribution in [2.24, 2.45) is 0 Å². The quantitative estimate of drug-likeness (QED) is 0.858. The maximum absolute atomic E-state index is 12.8. The van der Waals surface area contributed by atoms with E-state index in [1.165, 1.54) is 0 Å². The monoisotopic (exact) mass is 351 g/mol. The van der Waals surface area contributed by atoms with Crippen molar-refractivity contribution in [1.82, 2.24) is 14.9 Å². The fraction of sp³-hybridized carbons (Fsp3) is 0.588. The van der Waals surface area contributed by atoms with Gasteiger partial charge in [-0.15, -0.1) is 0 Å². The van der Waals surface area contributed by atoms with Gasteiger partial charge in [0.1, 0.15) is 0 Å². The zero-order chi connectivity index (χ0) is 17.2. The van der Waals surface area contributed by atoms with Gasteiger partial charge in [-0.25, -0.2) is 8.42 Å². The molecule has 0 aromatic heterocycles. The standard InChI is InChI=1S/C17H25N3O3S/c1-13-4-2-3-11-20(13)24(22,23)16-7-5-14(6-8-16)17(21)19-15-9-10-18-12-15/h5-8,13,15,18H,2-4,9-12H2,1H3,(H,19,21). The third kappa shape index (κ3) is 3.63. The first-order valence-corrected chi connectivity index (χ1v) is 10.1. The van der Waals surface area contributed by atoms with E-state index in [4.69, 9.17) is 0 Å². The summed E-state index contributed by atoms with van der Waals surface area (Å²) in [6.45, 7) is 4.22. The van der Waals surface area contributed by atoms with Gasteiger partial charge in [-0.3, -0.25) is 4.79 Å². The smallest absolute Gasteiger partial charge is 0.251 e. The van der Waals surface area contributed by atoms with Crippen LogP contribution in [0.2, 0.25) is 0 Å². The normalized spacial score (nSPS) is 25.5. The average molecular weight is 351 g/mol. The lowest BCUT2D eigenvalue weighted by Gasteiger charge is -2.32. The molecule has 0 bridgehead atoms. The second-order valence-corrected chi connectivity index (χ2v) is 8.54. The minimum atomic E-state index is -3.48. The van der Waals surface area contributed by atoms with Crippen LogP contribution in [0.1, 0.15) is 43.0 Å². The molecular weight excluding hydrogens is 326 g/mol. The molecule has 2 unspecified atom stereocenters. The van der Waals surface area contributed by atoms with Crippen molar-refractivity contribution < 1.29 is 13.2 Å². The van der Waals surface area contributed by atoms with Crippen molar-refractivity contribution in [3.63, 3.8) is 0 Å². The Labute approximate surface area is 143 Å². The number of rotatable bonds is 4. The molecule has 0 saturated carbocycles. The Morgan fingerprint density at radius 2 is 1.96 bits per heavy atom. The molecule has 0 spiro atoms.